The van der Waals surface area contributed by atoms with E-state index in [9.17, 15) is 4.79 Å². The van der Waals surface area contributed by atoms with Crippen molar-refractivity contribution >= 4 is 21.9 Å². The first-order valence-electron chi connectivity index (χ1n) is 6.33. The molecule has 0 amide bonds. The van der Waals surface area contributed by atoms with Crippen LogP contribution in [0.2, 0.25) is 0 Å². The van der Waals surface area contributed by atoms with Crippen LogP contribution in [-0.4, -0.2) is 19.7 Å². The molecule has 0 spiro atoms. The van der Waals surface area contributed by atoms with Gasteiger partial charge in [-0.15, -0.1) is 0 Å². The van der Waals surface area contributed by atoms with Gasteiger partial charge in [0.25, 0.3) is 0 Å². The maximum absolute atomic E-state index is 11.8. The minimum absolute atomic E-state index is 0.194. The lowest BCUT2D eigenvalue weighted by atomic mass is 10.2. The van der Waals surface area contributed by atoms with Crippen molar-refractivity contribution in [3.63, 3.8) is 0 Å². The molecule has 0 saturated carbocycles. The smallest absolute Gasteiger partial charge is 0.349 e. The molecule has 0 bridgehead atoms. The summed E-state index contributed by atoms with van der Waals surface area (Å²) in [6, 6.07) is 12.6. The Morgan fingerprint density at radius 2 is 1.81 bits per heavy atom. The van der Waals surface area contributed by atoms with E-state index in [4.69, 9.17) is 14.2 Å². The van der Waals surface area contributed by atoms with E-state index in [-0.39, 0.29) is 6.61 Å². The average molecular weight is 351 g/mol. The van der Waals surface area contributed by atoms with Gasteiger partial charge in [-0.25, -0.2) is 4.79 Å². The summed E-state index contributed by atoms with van der Waals surface area (Å²) in [5, 5.41) is 0. The number of esters is 1. The molecule has 0 fully saturated rings. The number of halogens is 1. The van der Waals surface area contributed by atoms with Crippen LogP contribution in [-0.2, 0) is 4.79 Å². The molecule has 0 aliphatic heterocycles. The van der Waals surface area contributed by atoms with E-state index in [1.807, 2.05) is 25.1 Å². The lowest BCUT2D eigenvalue weighted by Crippen LogP contribution is -2.18. The molecule has 110 valence electrons. The van der Waals surface area contributed by atoms with Crippen molar-refractivity contribution in [2.75, 3.05) is 13.7 Å². The molecule has 0 aliphatic carbocycles. The first-order valence-corrected chi connectivity index (χ1v) is 7.12. The zero-order valence-electron chi connectivity index (χ0n) is 11.8. The van der Waals surface area contributed by atoms with Crippen LogP contribution in [0.15, 0.2) is 46.9 Å². The van der Waals surface area contributed by atoms with Crippen LogP contribution < -0.4 is 14.2 Å². The standard InChI is InChI=1S/C16H15BrO4/c1-11-7-8-13(12(17)9-11)21-16(18)10-20-15-6-4-3-5-14(15)19-2/h3-9H,10H2,1-2H3. The number of hydrogen-bond acceptors (Lipinski definition) is 4. The van der Waals surface area contributed by atoms with Gasteiger partial charge < -0.3 is 14.2 Å². The molecule has 2 aromatic carbocycles. The van der Waals surface area contributed by atoms with Gasteiger partial charge in [-0.05, 0) is 52.7 Å². The van der Waals surface area contributed by atoms with Gasteiger partial charge in [0, 0.05) is 0 Å². The minimum atomic E-state index is -0.481. The highest BCUT2D eigenvalue weighted by Crippen LogP contribution is 2.27. The maximum Gasteiger partial charge on any atom is 0.349 e. The lowest BCUT2D eigenvalue weighted by molar-refractivity contribution is -0.136. The SMILES string of the molecule is COc1ccccc1OCC(=O)Oc1ccc(C)cc1Br. The summed E-state index contributed by atoms with van der Waals surface area (Å²) in [4.78, 5) is 11.8. The molecule has 0 aromatic heterocycles. The summed E-state index contributed by atoms with van der Waals surface area (Å²) in [6.07, 6.45) is 0. The molecular formula is C16H15BrO4. The summed E-state index contributed by atoms with van der Waals surface area (Å²) in [7, 11) is 1.55. The van der Waals surface area contributed by atoms with Crippen molar-refractivity contribution in [1.29, 1.82) is 0 Å². The Morgan fingerprint density at radius 3 is 2.48 bits per heavy atom. The third kappa shape index (κ3) is 4.23. The van der Waals surface area contributed by atoms with E-state index in [0.717, 1.165) is 10.0 Å². The van der Waals surface area contributed by atoms with Gasteiger partial charge in [0.1, 0.15) is 5.75 Å². The molecule has 5 heteroatoms. The molecule has 2 rings (SSSR count). The first kappa shape index (κ1) is 15.4. The Balaban J connectivity index is 1.96. The van der Waals surface area contributed by atoms with Crippen molar-refractivity contribution < 1.29 is 19.0 Å². The fraction of sp³-hybridized carbons (Fsp3) is 0.188. The third-order valence-electron chi connectivity index (χ3n) is 2.73. The molecule has 21 heavy (non-hydrogen) atoms. The molecule has 0 aliphatic rings. The quantitative estimate of drug-likeness (QED) is 0.608. The number of rotatable bonds is 5. The van der Waals surface area contributed by atoms with Gasteiger partial charge >= 0.3 is 5.97 Å². The Bertz CT molecular complexity index is 640. The van der Waals surface area contributed by atoms with Gasteiger partial charge in [-0.1, -0.05) is 18.2 Å². The van der Waals surface area contributed by atoms with Crippen molar-refractivity contribution in [2.45, 2.75) is 6.92 Å². The molecule has 0 heterocycles. The fourth-order valence-electron chi connectivity index (χ4n) is 1.72. The van der Waals surface area contributed by atoms with Gasteiger partial charge in [-0.2, -0.15) is 0 Å². The van der Waals surface area contributed by atoms with E-state index >= 15 is 0 Å². The number of hydrogen-bond donors (Lipinski definition) is 0. The summed E-state index contributed by atoms with van der Waals surface area (Å²) < 4.78 is 16.5. The number of carbonyl (C=O) groups excluding carboxylic acids is 1. The van der Waals surface area contributed by atoms with Crippen LogP contribution in [0.5, 0.6) is 17.2 Å². The zero-order chi connectivity index (χ0) is 15.2. The monoisotopic (exact) mass is 350 g/mol. The highest BCUT2D eigenvalue weighted by atomic mass is 79.9. The van der Waals surface area contributed by atoms with Crippen LogP contribution >= 0.6 is 15.9 Å². The van der Waals surface area contributed by atoms with Crippen molar-refractivity contribution in [3.8, 4) is 17.2 Å². The third-order valence-corrected chi connectivity index (χ3v) is 3.35. The maximum atomic E-state index is 11.8. The minimum Gasteiger partial charge on any atom is -0.493 e. The summed E-state index contributed by atoms with van der Waals surface area (Å²) in [5.41, 5.74) is 1.08. The van der Waals surface area contributed by atoms with E-state index < -0.39 is 5.97 Å². The number of carbonyl (C=O) groups is 1. The predicted octanol–water partition coefficient (Wildman–Crippen LogP) is 3.75. The number of benzene rings is 2. The lowest BCUT2D eigenvalue weighted by Gasteiger charge is -2.10. The molecule has 0 radical (unpaired) electrons. The Labute approximate surface area is 131 Å². The summed E-state index contributed by atoms with van der Waals surface area (Å²) in [5.74, 6) is 1.06. The molecule has 0 saturated heterocycles. The number of methoxy groups -OCH3 is 1. The summed E-state index contributed by atoms with van der Waals surface area (Å²) >= 11 is 3.36. The van der Waals surface area contributed by atoms with Crippen LogP contribution in [0.25, 0.3) is 0 Å². The van der Waals surface area contributed by atoms with Crippen LogP contribution in [0.3, 0.4) is 0 Å². The number of ether oxygens (including phenoxy) is 3. The van der Waals surface area contributed by atoms with E-state index in [2.05, 4.69) is 15.9 Å². The molecule has 4 nitrogen and oxygen atoms in total. The highest BCUT2D eigenvalue weighted by molar-refractivity contribution is 9.10. The normalized spacial score (nSPS) is 10.0. The summed E-state index contributed by atoms with van der Waals surface area (Å²) in [6.45, 7) is 1.77. The fourth-order valence-corrected chi connectivity index (χ4v) is 2.29. The largest absolute Gasteiger partial charge is 0.493 e. The van der Waals surface area contributed by atoms with Gasteiger partial charge in [-0.3, -0.25) is 0 Å². The molecule has 0 atom stereocenters. The van der Waals surface area contributed by atoms with Crippen LogP contribution in [0.4, 0.5) is 0 Å². The predicted molar refractivity (Wildman–Crippen MR) is 83.0 cm³/mol. The number of para-hydroxylation sites is 2. The molecular weight excluding hydrogens is 336 g/mol. The van der Waals surface area contributed by atoms with Gasteiger partial charge in [0.15, 0.2) is 18.1 Å². The second-order valence-corrected chi connectivity index (χ2v) is 5.20. The van der Waals surface area contributed by atoms with E-state index in [1.54, 1.807) is 31.4 Å². The average Bonchev–Trinajstić information content (AvgIpc) is 2.48. The van der Waals surface area contributed by atoms with Crippen LogP contribution in [0, 0.1) is 6.92 Å². The van der Waals surface area contributed by atoms with Crippen LogP contribution in [0.1, 0.15) is 5.56 Å². The van der Waals surface area contributed by atoms with E-state index in [1.165, 1.54) is 0 Å². The Hall–Kier alpha value is -2.01. The first-order chi connectivity index (χ1) is 10.1. The number of aryl methyl sites for hydroxylation is 1. The molecule has 2 aromatic rings. The highest BCUT2D eigenvalue weighted by Gasteiger charge is 2.11. The zero-order valence-corrected chi connectivity index (χ0v) is 13.3. The topological polar surface area (TPSA) is 44.8 Å². The van der Waals surface area contributed by atoms with Gasteiger partial charge in [0.2, 0.25) is 0 Å². The molecule has 0 N–H and O–H groups in total. The Morgan fingerprint density at radius 1 is 1.10 bits per heavy atom. The van der Waals surface area contributed by atoms with Crippen molar-refractivity contribution in [2.24, 2.45) is 0 Å². The van der Waals surface area contributed by atoms with Crippen molar-refractivity contribution in [3.05, 3.63) is 52.5 Å². The molecule has 0 unspecified atom stereocenters. The van der Waals surface area contributed by atoms with Gasteiger partial charge in [0.05, 0.1) is 11.6 Å². The second-order valence-electron chi connectivity index (χ2n) is 4.35. The van der Waals surface area contributed by atoms with E-state index in [0.29, 0.717) is 17.2 Å². The Kier molecular flexibility index (Phi) is 5.22. The second kappa shape index (κ2) is 7.13. The van der Waals surface area contributed by atoms with Crippen molar-refractivity contribution in [1.82, 2.24) is 0 Å².